The normalized spacial score (nSPS) is 19.7. The van der Waals surface area contributed by atoms with Gasteiger partial charge in [0.05, 0.1) is 10.8 Å². The van der Waals surface area contributed by atoms with E-state index in [2.05, 4.69) is 4.74 Å². The third-order valence-electron chi connectivity index (χ3n) is 5.38. The van der Waals surface area contributed by atoms with Crippen LogP contribution in [-0.2, 0) is 21.4 Å². The standard InChI is InChI=1S/C21H22ClF3N2O4S/c22-15-7-11-17(12-8-15)32(29,30)27(19-4-2-1-3-18(19)20(26)28)13-14-5-9-16(10-6-14)31-21(23,24)25/h5-12,18-19H,1-4,13H2,(H2,26,28)/t18-,19-/m0/s1. The molecule has 0 spiro atoms. The second-order valence-corrected chi connectivity index (χ2v) is 9.88. The first-order valence-corrected chi connectivity index (χ1v) is 11.7. The number of hydrogen-bond donors (Lipinski definition) is 1. The van der Waals surface area contributed by atoms with Crippen LogP contribution < -0.4 is 10.5 Å². The van der Waals surface area contributed by atoms with Gasteiger partial charge in [-0.3, -0.25) is 4.79 Å². The zero-order valence-corrected chi connectivity index (χ0v) is 18.5. The largest absolute Gasteiger partial charge is 0.573 e. The molecule has 2 atom stereocenters. The molecule has 1 aliphatic rings. The number of rotatable bonds is 7. The Bertz CT molecular complexity index is 1040. The van der Waals surface area contributed by atoms with Crippen LogP contribution >= 0.6 is 11.6 Å². The number of nitrogens with two attached hydrogens (primary N) is 1. The fraction of sp³-hybridized carbons (Fsp3) is 0.381. The molecule has 3 rings (SSSR count). The number of amides is 1. The minimum Gasteiger partial charge on any atom is -0.406 e. The predicted molar refractivity (Wildman–Crippen MR) is 112 cm³/mol. The fourth-order valence-electron chi connectivity index (χ4n) is 3.89. The van der Waals surface area contributed by atoms with Crippen molar-refractivity contribution in [1.82, 2.24) is 4.31 Å². The minimum absolute atomic E-state index is 0.00674. The smallest absolute Gasteiger partial charge is 0.406 e. The molecule has 2 N–H and O–H groups in total. The first-order valence-electron chi connectivity index (χ1n) is 9.89. The third-order valence-corrected chi connectivity index (χ3v) is 7.52. The number of carbonyl (C=O) groups excluding carboxylic acids is 1. The van der Waals surface area contributed by atoms with Crippen LogP contribution in [0.2, 0.25) is 5.02 Å². The molecule has 6 nitrogen and oxygen atoms in total. The summed E-state index contributed by atoms with van der Waals surface area (Å²) in [5.41, 5.74) is 6.00. The Hall–Kier alpha value is -2.30. The highest BCUT2D eigenvalue weighted by atomic mass is 35.5. The zero-order valence-electron chi connectivity index (χ0n) is 16.9. The number of ether oxygens (including phenoxy) is 1. The maximum absolute atomic E-state index is 13.5. The van der Waals surface area contributed by atoms with Gasteiger partial charge in [-0.1, -0.05) is 36.6 Å². The Balaban J connectivity index is 1.97. The monoisotopic (exact) mass is 490 g/mol. The number of nitrogens with zero attached hydrogens (tertiary/aromatic N) is 1. The maximum atomic E-state index is 13.5. The Morgan fingerprint density at radius 2 is 1.66 bits per heavy atom. The van der Waals surface area contributed by atoms with Crippen LogP contribution in [0.3, 0.4) is 0 Å². The van der Waals surface area contributed by atoms with Crippen molar-refractivity contribution in [1.29, 1.82) is 0 Å². The van der Waals surface area contributed by atoms with E-state index in [0.717, 1.165) is 25.0 Å². The van der Waals surface area contributed by atoms with E-state index in [9.17, 15) is 26.4 Å². The lowest BCUT2D eigenvalue weighted by Crippen LogP contribution is -2.49. The summed E-state index contributed by atoms with van der Waals surface area (Å²) in [4.78, 5) is 12.1. The van der Waals surface area contributed by atoms with Gasteiger partial charge in [0.1, 0.15) is 5.75 Å². The quantitative estimate of drug-likeness (QED) is 0.620. The molecule has 0 heterocycles. The van der Waals surface area contributed by atoms with E-state index in [4.69, 9.17) is 17.3 Å². The Labute approximate surface area is 189 Å². The van der Waals surface area contributed by atoms with Crippen LogP contribution in [0.1, 0.15) is 31.2 Å². The number of primary amides is 1. The highest BCUT2D eigenvalue weighted by Gasteiger charge is 2.40. The molecular formula is C21H22ClF3N2O4S. The molecule has 0 unspecified atom stereocenters. The second-order valence-electron chi connectivity index (χ2n) is 7.56. The molecule has 11 heteroatoms. The molecule has 1 saturated carbocycles. The lowest BCUT2D eigenvalue weighted by atomic mass is 9.84. The van der Waals surface area contributed by atoms with Crippen molar-refractivity contribution in [2.24, 2.45) is 11.7 Å². The second kappa shape index (κ2) is 9.68. The topological polar surface area (TPSA) is 89.7 Å². The van der Waals surface area contributed by atoms with Crippen molar-refractivity contribution >= 4 is 27.5 Å². The maximum Gasteiger partial charge on any atom is 0.573 e. The molecule has 0 radical (unpaired) electrons. The fourth-order valence-corrected chi connectivity index (χ4v) is 5.69. The summed E-state index contributed by atoms with van der Waals surface area (Å²) in [6.07, 6.45) is -2.45. The van der Waals surface area contributed by atoms with E-state index in [1.165, 1.54) is 40.7 Å². The van der Waals surface area contributed by atoms with Gasteiger partial charge in [-0.05, 0) is 54.8 Å². The summed E-state index contributed by atoms with van der Waals surface area (Å²) in [6.45, 7) is -0.147. The molecule has 0 saturated heterocycles. The van der Waals surface area contributed by atoms with Crippen molar-refractivity contribution in [2.45, 2.75) is 49.5 Å². The molecule has 2 aromatic carbocycles. The van der Waals surface area contributed by atoms with Crippen molar-refractivity contribution in [3.05, 3.63) is 59.1 Å². The Kier molecular flexibility index (Phi) is 7.36. The number of sulfonamides is 1. The summed E-state index contributed by atoms with van der Waals surface area (Å²) < 4.78 is 69.4. The predicted octanol–water partition coefficient (Wildman–Crippen LogP) is 4.47. The lowest BCUT2D eigenvalue weighted by Gasteiger charge is -2.38. The van der Waals surface area contributed by atoms with Gasteiger partial charge < -0.3 is 10.5 Å². The van der Waals surface area contributed by atoms with Crippen LogP contribution in [0, 0.1) is 5.92 Å². The average molecular weight is 491 g/mol. The molecule has 1 amide bonds. The van der Waals surface area contributed by atoms with Crippen molar-refractivity contribution in [2.75, 3.05) is 0 Å². The van der Waals surface area contributed by atoms with Crippen molar-refractivity contribution < 1.29 is 31.1 Å². The molecule has 0 bridgehead atoms. The zero-order chi connectivity index (χ0) is 23.5. The molecule has 0 aliphatic heterocycles. The van der Waals surface area contributed by atoms with E-state index in [1.807, 2.05) is 0 Å². The SMILES string of the molecule is NC(=O)[C@H]1CCCC[C@@H]1N(Cc1ccc(OC(F)(F)F)cc1)S(=O)(=O)c1ccc(Cl)cc1. The Morgan fingerprint density at radius 1 is 1.06 bits per heavy atom. The summed E-state index contributed by atoms with van der Waals surface area (Å²) in [7, 11) is -4.07. The van der Waals surface area contributed by atoms with Crippen LogP contribution in [0.5, 0.6) is 5.75 Å². The molecule has 1 aliphatic carbocycles. The van der Waals surface area contributed by atoms with Crippen LogP contribution in [0.15, 0.2) is 53.4 Å². The van der Waals surface area contributed by atoms with Gasteiger partial charge in [-0.2, -0.15) is 4.31 Å². The molecule has 32 heavy (non-hydrogen) atoms. The van der Waals surface area contributed by atoms with Gasteiger partial charge in [-0.25, -0.2) is 8.42 Å². The van der Waals surface area contributed by atoms with E-state index >= 15 is 0 Å². The van der Waals surface area contributed by atoms with Gasteiger partial charge >= 0.3 is 6.36 Å². The minimum atomic E-state index is -4.83. The number of hydrogen-bond acceptors (Lipinski definition) is 4. The number of alkyl halides is 3. The first-order chi connectivity index (χ1) is 15.0. The lowest BCUT2D eigenvalue weighted by molar-refractivity contribution is -0.274. The Morgan fingerprint density at radius 3 is 2.22 bits per heavy atom. The van der Waals surface area contributed by atoms with E-state index in [0.29, 0.717) is 23.4 Å². The van der Waals surface area contributed by atoms with Crippen molar-refractivity contribution in [3.8, 4) is 5.75 Å². The van der Waals surface area contributed by atoms with Gasteiger partial charge in [0.25, 0.3) is 0 Å². The number of benzene rings is 2. The summed E-state index contributed by atoms with van der Waals surface area (Å²) in [5.74, 6) is -1.67. The summed E-state index contributed by atoms with van der Waals surface area (Å²) >= 11 is 5.88. The van der Waals surface area contributed by atoms with Crippen molar-refractivity contribution in [3.63, 3.8) is 0 Å². The van der Waals surface area contributed by atoms with Crippen LogP contribution in [0.25, 0.3) is 0 Å². The molecular weight excluding hydrogens is 469 g/mol. The van der Waals surface area contributed by atoms with Crippen LogP contribution in [0.4, 0.5) is 13.2 Å². The molecule has 174 valence electrons. The first kappa shape index (κ1) is 24.3. The number of carbonyl (C=O) groups is 1. The summed E-state index contributed by atoms with van der Waals surface area (Å²) in [6, 6.07) is 9.89. The van der Waals surface area contributed by atoms with E-state index < -0.39 is 40.0 Å². The van der Waals surface area contributed by atoms with Gasteiger partial charge in [-0.15, -0.1) is 13.2 Å². The third kappa shape index (κ3) is 5.93. The molecule has 2 aromatic rings. The number of halogens is 4. The summed E-state index contributed by atoms with van der Waals surface area (Å²) in [5, 5.41) is 0.364. The highest BCUT2D eigenvalue weighted by Crippen LogP contribution is 2.34. The average Bonchev–Trinajstić information content (AvgIpc) is 2.72. The van der Waals surface area contributed by atoms with Crippen LogP contribution in [-0.4, -0.2) is 31.0 Å². The van der Waals surface area contributed by atoms with E-state index in [1.54, 1.807) is 0 Å². The highest BCUT2D eigenvalue weighted by molar-refractivity contribution is 7.89. The molecule has 1 fully saturated rings. The van der Waals surface area contributed by atoms with Gasteiger partial charge in [0, 0.05) is 17.6 Å². The van der Waals surface area contributed by atoms with Gasteiger partial charge in [0.15, 0.2) is 0 Å². The van der Waals surface area contributed by atoms with E-state index in [-0.39, 0.29) is 11.4 Å². The molecule has 0 aromatic heterocycles. The van der Waals surface area contributed by atoms with Gasteiger partial charge in [0.2, 0.25) is 15.9 Å².